The zero-order valence-electron chi connectivity index (χ0n) is 9.22. The van der Waals surface area contributed by atoms with Crippen LogP contribution in [0.1, 0.15) is 14.9 Å². The molecule has 0 aliphatic rings. The number of hydrogen-bond donors (Lipinski definition) is 1. The van der Waals surface area contributed by atoms with E-state index in [0.717, 1.165) is 0 Å². The van der Waals surface area contributed by atoms with Gasteiger partial charge in [0.25, 0.3) is 0 Å². The maximum Gasteiger partial charge on any atom is 0.115 e. The Kier molecular flexibility index (Phi) is 15.3. The van der Waals surface area contributed by atoms with Crippen molar-refractivity contribution in [2.24, 2.45) is 0 Å². The van der Waals surface area contributed by atoms with Gasteiger partial charge in [0.1, 0.15) is 6.33 Å². The molecule has 0 radical (unpaired) electrons. The highest BCUT2D eigenvalue weighted by atomic mass is 14.8. The van der Waals surface area contributed by atoms with Gasteiger partial charge in [0.05, 0.1) is 6.33 Å². The number of aromatic nitrogens is 5. The lowest BCUT2D eigenvalue weighted by Gasteiger charge is -1.70. The second kappa shape index (κ2) is 15.4. The van der Waals surface area contributed by atoms with E-state index in [1.165, 1.54) is 6.33 Å². The Labute approximate surface area is 114 Å². The van der Waals surface area contributed by atoms with Gasteiger partial charge in [-0.1, -0.05) is 20.9 Å². The van der Waals surface area contributed by atoms with Crippen LogP contribution in [0.5, 0.6) is 0 Å². The molecular weight excluding hydrogens is 238 g/mol. The minimum Gasteiger partial charge on any atom is -0.351 e. The van der Waals surface area contributed by atoms with Crippen molar-refractivity contribution < 1.29 is 0 Å². The summed E-state index contributed by atoms with van der Waals surface area (Å²) >= 11 is 0. The van der Waals surface area contributed by atoms with Crippen LogP contribution in [0.25, 0.3) is 0 Å². The Balaban J connectivity index is 0. The number of nitrogens with zero attached hydrogens (tertiary/aromatic N) is 4. The molecule has 0 aromatic carbocycles. The normalized spacial score (nSPS) is 7.16. The van der Waals surface area contributed by atoms with E-state index in [-0.39, 0.29) is 14.9 Å². The Morgan fingerprint density at radius 1 is 0.579 bits per heavy atom. The van der Waals surface area contributed by atoms with Crippen molar-refractivity contribution in [1.82, 2.24) is 24.9 Å². The van der Waals surface area contributed by atoms with Gasteiger partial charge in [0.2, 0.25) is 0 Å². The van der Waals surface area contributed by atoms with Crippen molar-refractivity contribution >= 4 is 0 Å². The highest BCUT2D eigenvalue weighted by Gasteiger charge is 1.59. The Morgan fingerprint density at radius 3 is 1.37 bits per heavy atom. The minimum atomic E-state index is 0. The number of imidazole rings is 1. The van der Waals surface area contributed by atoms with E-state index in [1.807, 2.05) is 18.2 Å². The van der Waals surface area contributed by atoms with Gasteiger partial charge >= 0.3 is 0 Å². The monoisotopic (exact) mass is 259 g/mol. The van der Waals surface area contributed by atoms with E-state index in [9.17, 15) is 0 Å². The number of aromatic amines is 1. The number of hydrogen-bond acceptors (Lipinski definition) is 4. The zero-order chi connectivity index (χ0) is 12.0. The Morgan fingerprint density at radius 2 is 1.21 bits per heavy atom. The molecule has 5 heteroatoms. The third-order valence-corrected chi connectivity index (χ3v) is 1.45. The van der Waals surface area contributed by atoms with E-state index < -0.39 is 0 Å². The predicted molar refractivity (Wildman–Crippen MR) is 78.3 cm³/mol. The van der Waals surface area contributed by atoms with Crippen molar-refractivity contribution in [2.75, 3.05) is 0 Å². The second-order valence-electron chi connectivity index (χ2n) is 2.69. The number of nitrogens with one attached hydrogen (secondary N) is 1. The number of H-pyrrole nitrogens is 1. The average molecular weight is 259 g/mol. The standard InChI is InChI=1S/C5H5N.C4H4N2.C3H4N2.2CH4/c1-2-4-6-5-3-1;1-2-5-4-6-3-1;1-2-5-3-4-1;;/h1-5H;1-4H;1-3H,(H,4,5);2*1H4. The largest absolute Gasteiger partial charge is 0.351 e. The van der Waals surface area contributed by atoms with Crippen LogP contribution in [0.15, 0.2) is 74.1 Å². The third kappa shape index (κ3) is 13.4. The molecule has 5 nitrogen and oxygen atoms in total. The molecule has 102 valence electrons. The minimum absolute atomic E-state index is 0. The fourth-order valence-electron chi connectivity index (χ4n) is 0.781. The van der Waals surface area contributed by atoms with Crippen molar-refractivity contribution in [3.8, 4) is 0 Å². The van der Waals surface area contributed by atoms with Gasteiger partial charge in [-0.15, -0.1) is 0 Å². The maximum atomic E-state index is 3.78. The first-order chi connectivity index (χ1) is 8.50. The molecule has 3 aromatic rings. The van der Waals surface area contributed by atoms with E-state index in [4.69, 9.17) is 0 Å². The summed E-state index contributed by atoms with van der Waals surface area (Å²) < 4.78 is 0. The lowest BCUT2D eigenvalue weighted by Crippen LogP contribution is -1.66. The summed E-state index contributed by atoms with van der Waals surface area (Å²) in [7, 11) is 0. The smallest absolute Gasteiger partial charge is 0.115 e. The van der Waals surface area contributed by atoms with E-state index in [0.29, 0.717) is 0 Å². The molecule has 0 unspecified atom stereocenters. The van der Waals surface area contributed by atoms with Gasteiger partial charge in [-0.05, 0) is 18.2 Å². The lowest BCUT2D eigenvalue weighted by molar-refractivity contribution is 1.17. The average Bonchev–Trinajstić information content (AvgIpc) is 3.03. The van der Waals surface area contributed by atoms with Gasteiger partial charge in [-0.3, -0.25) is 4.98 Å². The van der Waals surface area contributed by atoms with E-state index in [1.54, 1.807) is 49.6 Å². The molecule has 19 heavy (non-hydrogen) atoms. The Bertz CT molecular complexity index is 326. The fraction of sp³-hybridized carbons (Fsp3) is 0.143. The van der Waals surface area contributed by atoms with Crippen molar-refractivity contribution in [3.63, 3.8) is 0 Å². The summed E-state index contributed by atoms with van der Waals surface area (Å²) in [6, 6.07) is 7.49. The molecule has 0 aliphatic carbocycles. The van der Waals surface area contributed by atoms with Crippen LogP contribution in [0.4, 0.5) is 0 Å². The third-order valence-electron chi connectivity index (χ3n) is 1.45. The molecule has 3 aromatic heterocycles. The maximum absolute atomic E-state index is 3.78. The molecular formula is C14H21N5. The summed E-state index contributed by atoms with van der Waals surface area (Å²) in [5.41, 5.74) is 0. The van der Waals surface area contributed by atoms with Crippen molar-refractivity contribution in [3.05, 3.63) is 74.1 Å². The van der Waals surface area contributed by atoms with Crippen LogP contribution in [0, 0.1) is 0 Å². The molecule has 0 bridgehead atoms. The summed E-state index contributed by atoms with van der Waals surface area (Å²) in [5, 5.41) is 0. The summed E-state index contributed by atoms with van der Waals surface area (Å²) in [6.07, 6.45) is 13.5. The van der Waals surface area contributed by atoms with Gasteiger partial charge in [0.15, 0.2) is 0 Å². The number of pyridine rings is 1. The zero-order valence-corrected chi connectivity index (χ0v) is 9.22. The first kappa shape index (κ1) is 18.8. The van der Waals surface area contributed by atoms with Crippen LogP contribution in [-0.4, -0.2) is 24.9 Å². The summed E-state index contributed by atoms with van der Waals surface area (Å²) in [6.45, 7) is 0. The highest BCUT2D eigenvalue weighted by molar-refractivity contribution is 4.88. The highest BCUT2D eigenvalue weighted by Crippen LogP contribution is 1.73. The molecule has 0 saturated heterocycles. The molecule has 0 saturated carbocycles. The summed E-state index contributed by atoms with van der Waals surface area (Å²) in [5.74, 6) is 0. The molecule has 0 aliphatic heterocycles. The molecule has 0 fully saturated rings. The molecule has 0 atom stereocenters. The molecule has 3 heterocycles. The molecule has 0 spiro atoms. The van der Waals surface area contributed by atoms with Crippen LogP contribution in [-0.2, 0) is 0 Å². The van der Waals surface area contributed by atoms with Gasteiger partial charge in [-0.25, -0.2) is 15.0 Å². The van der Waals surface area contributed by atoms with Crippen LogP contribution < -0.4 is 0 Å². The van der Waals surface area contributed by atoms with Gasteiger partial charge in [-0.2, -0.15) is 0 Å². The number of rotatable bonds is 0. The fourth-order valence-corrected chi connectivity index (χ4v) is 0.781. The van der Waals surface area contributed by atoms with Crippen LogP contribution in [0.3, 0.4) is 0 Å². The predicted octanol–water partition coefficient (Wildman–Crippen LogP) is 3.24. The Hall–Kier alpha value is -2.56. The topological polar surface area (TPSA) is 67.3 Å². The molecule has 3 rings (SSSR count). The lowest BCUT2D eigenvalue weighted by atomic mass is 10.5. The summed E-state index contributed by atoms with van der Waals surface area (Å²) in [4.78, 5) is 17.5. The molecule has 1 N–H and O–H groups in total. The van der Waals surface area contributed by atoms with E-state index >= 15 is 0 Å². The first-order valence-electron chi connectivity index (χ1n) is 4.98. The quantitative estimate of drug-likeness (QED) is 0.673. The first-order valence-corrected chi connectivity index (χ1v) is 4.98. The van der Waals surface area contributed by atoms with Gasteiger partial charge in [0, 0.05) is 37.2 Å². The SMILES string of the molecule is C.C.c1c[nH]cn1.c1ccncc1.c1cncnc1. The van der Waals surface area contributed by atoms with Crippen LogP contribution in [0.2, 0.25) is 0 Å². The second-order valence-corrected chi connectivity index (χ2v) is 2.69. The van der Waals surface area contributed by atoms with Crippen molar-refractivity contribution in [1.29, 1.82) is 0 Å². The van der Waals surface area contributed by atoms with Crippen LogP contribution >= 0.6 is 0 Å². The van der Waals surface area contributed by atoms with E-state index in [2.05, 4.69) is 24.9 Å². The van der Waals surface area contributed by atoms with Crippen molar-refractivity contribution in [2.45, 2.75) is 14.9 Å². The molecule has 0 amide bonds. The van der Waals surface area contributed by atoms with Gasteiger partial charge < -0.3 is 4.98 Å².